The van der Waals surface area contributed by atoms with Gasteiger partial charge in [0.1, 0.15) is 0 Å². The second kappa shape index (κ2) is 9.47. The predicted molar refractivity (Wildman–Crippen MR) is 62.7 cm³/mol. The van der Waals surface area contributed by atoms with E-state index < -0.39 is 0 Å². The van der Waals surface area contributed by atoms with Crippen molar-refractivity contribution in [3.63, 3.8) is 0 Å². The minimum atomic E-state index is 0.810. The van der Waals surface area contributed by atoms with E-state index in [0.717, 1.165) is 38.6 Å². The third kappa shape index (κ3) is 10.0. The molecule has 0 saturated heterocycles. The highest BCUT2D eigenvalue weighted by Crippen LogP contribution is 2.03. The van der Waals surface area contributed by atoms with Crippen LogP contribution in [0, 0.1) is 5.92 Å². The van der Waals surface area contributed by atoms with Crippen LogP contribution >= 0.6 is 0 Å². The van der Waals surface area contributed by atoms with Gasteiger partial charge in [-0.1, -0.05) is 20.8 Å². The maximum absolute atomic E-state index is 5.55. The maximum atomic E-state index is 5.55. The van der Waals surface area contributed by atoms with E-state index in [4.69, 9.17) is 4.74 Å². The van der Waals surface area contributed by atoms with Gasteiger partial charge in [0.25, 0.3) is 0 Å². The van der Waals surface area contributed by atoms with E-state index in [1.165, 1.54) is 12.8 Å². The van der Waals surface area contributed by atoms with Gasteiger partial charge in [0.05, 0.1) is 0 Å². The summed E-state index contributed by atoms with van der Waals surface area (Å²) < 4.78 is 5.55. The molecule has 0 aliphatic rings. The van der Waals surface area contributed by atoms with Crippen LogP contribution in [0.15, 0.2) is 0 Å². The molecule has 2 nitrogen and oxygen atoms in total. The number of rotatable bonds is 9. The van der Waals surface area contributed by atoms with Crippen molar-refractivity contribution >= 4 is 0 Å². The summed E-state index contributed by atoms with van der Waals surface area (Å²) in [4.78, 5) is 2.32. The molecule has 0 bridgehead atoms. The zero-order valence-corrected chi connectivity index (χ0v) is 10.4. The molecule has 0 unspecified atom stereocenters. The first-order valence-electron chi connectivity index (χ1n) is 5.93. The van der Waals surface area contributed by atoms with Crippen LogP contribution in [0.2, 0.25) is 0 Å². The van der Waals surface area contributed by atoms with E-state index in [9.17, 15) is 0 Å². The molecule has 0 aromatic heterocycles. The SMILES string of the molecule is CCN(C)CCCOCCCC(C)C. The minimum absolute atomic E-state index is 0.810. The second-order valence-corrected chi connectivity index (χ2v) is 4.40. The monoisotopic (exact) mass is 201 g/mol. The topological polar surface area (TPSA) is 12.5 Å². The Bertz CT molecular complexity index is 115. The zero-order chi connectivity index (χ0) is 10.8. The Morgan fingerprint density at radius 1 is 1.14 bits per heavy atom. The highest BCUT2D eigenvalue weighted by Gasteiger charge is 1.96. The summed E-state index contributed by atoms with van der Waals surface area (Å²) in [5, 5.41) is 0. The molecular weight excluding hydrogens is 174 g/mol. The second-order valence-electron chi connectivity index (χ2n) is 4.40. The van der Waals surface area contributed by atoms with Crippen molar-refractivity contribution in [2.45, 2.75) is 40.0 Å². The Morgan fingerprint density at radius 3 is 2.36 bits per heavy atom. The summed E-state index contributed by atoms with van der Waals surface area (Å²) in [5.74, 6) is 0.810. The minimum Gasteiger partial charge on any atom is -0.381 e. The van der Waals surface area contributed by atoms with Crippen LogP contribution in [-0.2, 0) is 4.74 Å². The van der Waals surface area contributed by atoms with Gasteiger partial charge in [0.2, 0.25) is 0 Å². The van der Waals surface area contributed by atoms with Crippen LogP contribution in [-0.4, -0.2) is 38.3 Å². The fourth-order valence-corrected chi connectivity index (χ4v) is 1.29. The maximum Gasteiger partial charge on any atom is 0.0478 e. The molecule has 0 atom stereocenters. The number of nitrogens with zero attached hydrogens (tertiary/aromatic N) is 1. The lowest BCUT2D eigenvalue weighted by Crippen LogP contribution is -2.20. The number of hydrogen-bond donors (Lipinski definition) is 0. The van der Waals surface area contributed by atoms with Gasteiger partial charge in [-0.15, -0.1) is 0 Å². The molecule has 0 amide bonds. The molecule has 0 heterocycles. The molecule has 0 rings (SSSR count). The molecule has 86 valence electrons. The van der Waals surface area contributed by atoms with Crippen LogP contribution in [0.5, 0.6) is 0 Å². The summed E-state index contributed by atoms with van der Waals surface area (Å²) in [7, 11) is 2.15. The van der Waals surface area contributed by atoms with Gasteiger partial charge in [-0.2, -0.15) is 0 Å². The fraction of sp³-hybridized carbons (Fsp3) is 1.00. The van der Waals surface area contributed by atoms with E-state index in [1.54, 1.807) is 0 Å². The lowest BCUT2D eigenvalue weighted by Gasteiger charge is -2.13. The quantitative estimate of drug-likeness (QED) is 0.532. The van der Waals surface area contributed by atoms with Crippen molar-refractivity contribution in [3.8, 4) is 0 Å². The van der Waals surface area contributed by atoms with Gasteiger partial charge in [-0.3, -0.25) is 0 Å². The van der Waals surface area contributed by atoms with Crippen molar-refractivity contribution in [2.75, 3.05) is 33.4 Å². The molecule has 0 radical (unpaired) electrons. The summed E-state index contributed by atoms with van der Waals surface area (Å²) in [6.07, 6.45) is 3.65. The third-order valence-electron chi connectivity index (χ3n) is 2.44. The molecular formula is C12H27NO. The average Bonchev–Trinajstić information content (AvgIpc) is 2.15. The summed E-state index contributed by atoms with van der Waals surface area (Å²) in [6.45, 7) is 10.8. The molecule has 14 heavy (non-hydrogen) atoms. The van der Waals surface area contributed by atoms with Crippen LogP contribution in [0.4, 0.5) is 0 Å². The smallest absolute Gasteiger partial charge is 0.0478 e. The molecule has 0 aliphatic carbocycles. The third-order valence-corrected chi connectivity index (χ3v) is 2.44. The van der Waals surface area contributed by atoms with Gasteiger partial charge in [-0.25, -0.2) is 0 Å². The molecule has 0 saturated carbocycles. The number of ether oxygens (including phenoxy) is 1. The Labute approximate surface area is 89.6 Å². The summed E-state index contributed by atoms with van der Waals surface area (Å²) in [6, 6.07) is 0. The Balaban J connectivity index is 2.99. The van der Waals surface area contributed by atoms with Gasteiger partial charge in [0.15, 0.2) is 0 Å². The van der Waals surface area contributed by atoms with E-state index in [2.05, 4.69) is 32.7 Å². The van der Waals surface area contributed by atoms with Crippen LogP contribution in [0.1, 0.15) is 40.0 Å². The van der Waals surface area contributed by atoms with Crippen LogP contribution in [0.25, 0.3) is 0 Å². The van der Waals surface area contributed by atoms with Gasteiger partial charge < -0.3 is 9.64 Å². The van der Waals surface area contributed by atoms with Crippen molar-refractivity contribution < 1.29 is 4.74 Å². The van der Waals surface area contributed by atoms with E-state index in [-0.39, 0.29) is 0 Å². The highest BCUT2D eigenvalue weighted by atomic mass is 16.5. The summed E-state index contributed by atoms with van der Waals surface area (Å²) >= 11 is 0. The average molecular weight is 201 g/mol. The standard InChI is InChI=1S/C12H27NO/c1-5-13(4)9-7-11-14-10-6-8-12(2)3/h12H,5-11H2,1-4H3. The molecule has 0 aliphatic heterocycles. The van der Waals surface area contributed by atoms with E-state index >= 15 is 0 Å². The molecule has 0 fully saturated rings. The van der Waals surface area contributed by atoms with Gasteiger partial charge in [-0.05, 0) is 38.8 Å². The summed E-state index contributed by atoms with van der Waals surface area (Å²) in [5.41, 5.74) is 0. The fourth-order valence-electron chi connectivity index (χ4n) is 1.29. The highest BCUT2D eigenvalue weighted by molar-refractivity contribution is 4.48. The molecule has 0 aromatic carbocycles. The molecule has 2 heteroatoms. The van der Waals surface area contributed by atoms with Gasteiger partial charge >= 0.3 is 0 Å². The lowest BCUT2D eigenvalue weighted by atomic mass is 10.1. The largest absolute Gasteiger partial charge is 0.381 e. The predicted octanol–water partition coefficient (Wildman–Crippen LogP) is 2.78. The van der Waals surface area contributed by atoms with E-state index in [0.29, 0.717) is 0 Å². The van der Waals surface area contributed by atoms with Crippen molar-refractivity contribution in [3.05, 3.63) is 0 Å². The first kappa shape index (κ1) is 13.9. The zero-order valence-electron chi connectivity index (χ0n) is 10.4. The van der Waals surface area contributed by atoms with Crippen LogP contribution in [0.3, 0.4) is 0 Å². The van der Waals surface area contributed by atoms with Crippen molar-refractivity contribution in [1.82, 2.24) is 4.90 Å². The Hall–Kier alpha value is -0.0800. The Morgan fingerprint density at radius 2 is 1.79 bits per heavy atom. The van der Waals surface area contributed by atoms with Crippen molar-refractivity contribution in [1.29, 1.82) is 0 Å². The van der Waals surface area contributed by atoms with Gasteiger partial charge in [0, 0.05) is 19.8 Å². The first-order valence-corrected chi connectivity index (χ1v) is 5.93. The molecule has 0 aromatic rings. The normalized spacial score (nSPS) is 11.6. The van der Waals surface area contributed by atoms with E-state index in [1.807, 2.05) is 0 Å². The van der Waals surface area contributed by atoms with Crippen molar-refractivity contribution in [2.24, 2.45) is 5.92 Å². The molecule has 0 spiro atoms. The molecule has 0 N–H and O–H groups in total. The Kier molecular flexibility index (Phi) is 9.42. The van der Waals surface area contributed by atoms with Crippen LogP contribution < -0.4 is 0 Å². The lowest BCUT2D eigenvalue weighted by molar-refractivity contribution is 0.118. The number of hydrogen-bond acceptors (Lipinski definition) is 2. The first-order chi connectivity index (χ1) is 6.66.